The van der Waals surface area contributed by atoms with Crippen molar-refractivity contribution in [2.24, 2.45) is 23.7 Å². The molecule has 2 bridgehead atoms. The minimum atomic E-state index is -0.649. The fourth-order valence-corrected chi connectivity index (χ4v) is 5.79. The van der Waals surface area contributed by atoms with E-state index in [1.807, 2.05) is 6.92 Å². The molecule has 4 aliphatic heterocycles. The van der Waals surface area contributed by atoms with Gasteiger partial charge in [-0.2, -0.15) is 0 Å². The van der Waals surface area contributed by atoms with E-state index in [1.54, 1.807) is 0 Å². The van der Waals surface area contributed by atoms with Gasteiger partial charge in [0.25, 0.3) is 0 Å². The van der Waals surface area contributed by atoms with Gasteiger partial charge in [-0.05, 0) is 50.1 Å². The molecule has 21 heavy (non-hydrogen) atoms. The Bertz CT molecular complexity index is 433. The van der Waals surface area contributed by atoms with Crippen molar-refractivity contribution in [1.82, 2.24) is 0 Å². The Morgan fingerprint density at radius 3 is 2.67 bits per heavy atom. The van der Waals surface area contributed by atoms with Crippen molar-refractivity contribution in [2.45, 2.75) is 70.2 Å². The van der Waals surface area contributed by atoms with Crippen molar-refractivity contribution in [3.8, 4) is 0 Å². The first-order valence-electron chi connectivity index (χ1n) is 8.40. The van der Waals surface area contributed by atoms with Gasteiger partial charge >= 0.3 is 0 Å². The van der Waals surface area contributed by atoms with Crippen LogP contribution in [-0.2, 0) is 19.2 Å². The van der Waals surface area contributed by atoms with Gasteiger partial charge in [-0.3, -0.25) is 0 Å². The summed E-state index contributed by atoms with van der Waals surface area (Å²) >= 11 is 0. The van der Waals surface area contributed by atoms with Crippen LogP contribution in [0.2, 0.25) is 0 Å². The van der Waals surface area contributed by atoms with Crippen molar-refractivity contribution in [2.75, 3.05) is 6.16 Å². The molecule has 5 heteroatoms. The Kier molecular flexibility index (Phi) is 3.45. The van der Waals surface area contributed by atoms with E-state index in [0.29, 0.717) is 23.7 Å². The Morgan fingerprint density at radius 2 is 1.90 bits per heavy atom. The molecule has 4 saturated heterocycles. The molecule has 0 N–H and O–H groups in total. The quantitative estimate of drug-likeness (QED) is 0.550. The van der Waals surface area contributed by atoms with Crippen LogP contribution in [0.15, 0.2) is 0 Å². The molecule has 0 amide bonds. The van der Waals surface area contributed by atoms with Crippen LogP contribution in [0.25, 0.3) is 0 Å². The lowest BCUT2D eigenvalue weighted by molar-refractivity contribution is -0.570. The molecule has 0 aromatic rings. The third kappa shape index (κ3) is 1.93. The maximum Gasteiger partial charge on any atom is 0.201 e. The highest BCUT2D eigenvalue weighted by molar-refractivity contribution is 7.16. The first kappa shape index (κ1) is 14.8. The summed E-state index contributed by atoms with van der Waals surface area (Å²) in [6, 6.07) is 0. The highest BCUT2D eigenvalue weighted by Gasteiger charge is 2.69. The van der Waals surface area contributed by atoms with Gasteiger partial charge in [-0.1, -0.05) is 13.8 Å². The Hall–Kier alpha value is 0.270. The SMILES string of the molecule is C[C@H]1C(CP)O[C@@H]2O[C@@]3(C)CCC4[C@H](C)CCC1[C@]42OO3. The normalized spacial score (nSPS) is 59.4. The maximum atomic E-state index is 6.36. The van der Waals surface area contributed by atoms with Crippen LogP contribution in [-0.4, -0.2) is 29.9 Å². The molecule has 9 atom stereocenters. The van der Waals surface area contributed by atoms with Crippen molar-refractivity contribution >= 4 is 9.24 Å². The molecule has 0 aromatic carbocycles. The lowest BCUT2D eigenvalue weighted by Gasteiger charge is -2.60. The number of hydrogen-bond donors (Lipinski definition) is 0. The second-order valence-electron chi connectivity index (χ2n) is 7.68. The van der Waals surface area contributed by atoms with Crippen molar-refractivity contribution in [3.63, 3.8) is 0 Å². The monoisotopic (exact) mass is 314 g/mol. The van der Waals surface area contributed by atoms with Gasteiger partial charge in [0.15, 0.2) is 11.9 Å². The first-order chi connectivity index (χ1) is 10.00. The van der Waals surface area contributed by atoms with Crippen LogP contribution in [0, 0.1) is 23.7 Å². The molecule has 5 fully saturated rings. The average molecular weight is 314 g/mol. The van der Waals surface area contributed by atoms with Crippen molar-refractivity contribution in [1.29, 1.82) is 0 Å². The van der Waals surface area contributed by atoms with E-state index in [2.05, 4.69) is 23.1 Å². The van der Waals surface area contributed by atoms with Gasteiger partial charge in [-0.25, -0.2) is 9.78 Å². The van der Waals surface area contributed by atoms with E-state index in [9.17, 15) is 0 Å². The summed E-state index contributed by atoms with van der Waals surface area (Å²) in [5.74, 6) is 1.40. The maximum absolute atomic E-state index is 6.36. The molecule has 5 aliphatic rings. The highest BCUT2D eigenvalue weighted by atomic mass is 31.0. The molecule has 1 saturated carbocycles. The molecule has 120 valence electrons. The molecular weight excluding hydrogens is 287 g/mol. The fraction of sp³-hybridized carbons (Fsp3) is 1.00. The summed E-state index contributed by atoms with van der Waals surface area (Å²) in [6.07, 6.45) is 5.35. The summed E-state index contributed by atoms with van der Waals surface area (Å²) in [4.78, 5) is 11.9. The first-order valence-corrected chi connectivity index (χ1v) is 9.22. The molecule has 4 nitrogen and oxygen atoms in total. The van der Waals surface area contributed by atoms with E-state index in [-0.39, 0.29) is 12.4 Å². The van der Waals surface area contributed by atoms with Crippen molar-refractivity contribution in [3.05, 3.63) is 0 Å². The Balaban J connectivity index is 1.79. The van der Waals surface area contributed by atoms with Crippen LogP contribution in [0.4, 0.5) is 0 Å². The summed E-state index contributed by atoms with van der Waals surface area (Å²) in [5, 5.41) is 0. The predicted octanol–water partition coefficient (Wildman–Crippen LogP) is 3.11. The van der Waals surface area contributed by atoms with Crippen LogP contribution in [0.3, 0.4) is 0 Å². The zero-order valence-corrected chi connectivity index (χ0v) is 14.4. The topological polar surface area (TPSA) is 36.9 Å². The molecule has 1 aliphatic carbocycles. The molecule has 1 spiro atoms. The van der Waals surface area contributed by atoms with Gasteiger partial charge in [0.1, 0.15) is 0 Å². The smallest absolute Gasteiger partial charge is 0.201 e. The minimum absolute atomic E-state index is 0.233. The fourth-order valence-electron chi connectivity index (χ4n) is 5.25. The van der Waals surface area contributed by atoms with E-state index in [1.165, 1.54) is 12.8 Å². The summed E-state index contributed by atoms with van der Waals surface area (Å²) < 4.78 is 12.6. The van der Waals surface area contributed by atoms with E-state index in [4.69, 9.17) is 19.2 Å². The summed E-state index contributed by atoms with van der Waals surface area (Å²) in [5.41, 5.74) is -0.399. The third-order valence-electron chi connectivity index (χ3n) is 6.53. The number of hydrogen-bond acceptors (Lipinski definition) is 4. The van der Waals surface area contributed by atoms with Crippen LogP contribution < -0.4 is 0 Å². The second kappa shape index (κ2) is 4.88. The third-order valence-corrected chi connectivity index (χ3v) is 6.99. The van der Waals surface area contributed by atoms with Gasteiger partial charge < -0.3 is 9.47 Å². The molecule has 4 unspecified atom stereocenters. The standard InChI is InChI=1S/C16H27O4P/c1-9-4-5-12-10(2)13(8-21)17-14-16(12)11(9)6-7-15(3,18-14)19-20-16/h9-14H,4-8,21H2,1-3H3/t9-,10-,11?,12?,13?,14-,15-,16-/m1/s1. The molecule has 0 radical (unpaired) electrons. The van der Waals surface area contributed by atoms with E-state index >= 15 is 0 Å². The van der Waals surface area contributed by atoms with E-state index < -0.39 is 11.4 Å². The molecule has 0 aromatic heterocycles. The Labute approximate surface area is 129 Å². The van der Waals surface area contributed by atoms with Crippen LogP contribution >= 0.6 is 9.24 Å². The number of fused-ring (bicyclic) bond motifs is 2. The molecule has 4 heterocycles. The van der Waals surface area contributed by atoms with Gasteiger partial charge in [0.2, 0.25) is 5.79 Å². The van der Waals surface area contributed by atoms with Crippen LogP contribution in [0.5, 0.6) is 0 Å². The molecular formula is C16H27O4P. The largest absolute Gasteiger partial charge is 0.346 e. The van der Waals surface area contributed by atoms with Crippen LogP contribution in [0.1, 0.15) is 46.5 Å². The zero-order valence-electron chi connectivity index (χ0n) is 13.2. The second-order valence-corrected chi connectivity index (χ2v) is 8.15. The Morgan fingerprint density at radius 1 is 1.10 bits per heavy atom. The van der Waals surface area contributed by atoms with Gasteiger partial charge in [0.05, 0.1) is 6.10 Å². The lowest BCUT2D eigenvalue weighted by atomic mass is 9.57. The predicted molar refractivity (Wildman–Crippen MR) is 81.4 cm³/mol. The highest BCUT2D eigenvalue weighted by Crippen LogP contribution is 2.60. The molecule has 5 rings (SSSR count). The summed E-state index contributed by atoms with van der Waals surface area (Å²) in [6.45, 7) is 6.64. The zero-order chi connectivity index (χ0) is 14.8. The van der Waals surface area contributed by atoms with Gasteiger partial charge in [0, 0.05) is 12.3 Å². The summed E-state index contributed by atoms with van der Waals surface area (Å²) in [7, 11) is 2.83. The van der Waals surface area contributed by atoms with Gasteiger partial charge in [-0.15, -0.1) is 9.24 Å². The lowest BCUT2D eigenvalue weighted by Crippen LogP contribution is -2.70. The number of rotatable bonds is 1. The van der Waals surface area contributed by atoms with E-state index in [0.717, 1.165) is 19.0 Å². The number of ether oxygens (including phenoxy) is 2. The minimum Gasteiger partial charge on any atom is -0.346 e. The van der Waals surface area contributed by atoms with Crippen molar-refractivity contribution < 1.29 is 19.2 Å². The average Bonchev–Trinajstić information content (AvgIpc) is 2.69.